The lowest BCUT2D eigenvalue weighted by molar-refractivity contribution is 0.157. The molecule has 0 heterocycles. The Bertz CT molecular complexity index is 197. The van der Waals surface area contributed by atoms with Crippen LogP contribution in [-0.4, -0.2) is 36.6 Å². The number of hydrogen-bond donors (Lipinski definition) is 0. The van der Waals surface area contributed by atoms with Crippen LogP contribution in [0.1, 0.15) is 41.0 Å². The molecule has 0 aromatic rings. The van der Waals surface area contributed by atoms with Crippen molar-refractivity contribution in [1.29, 1.82) is 0 Å². The van der Waals surface area contributed by atoms with Gasteiger partial charge in [0.1, 0.15) is 0 Å². The summed E-state index contributed by atoms with van der Waals surface area (Å²) in [6.07, 6.45) is 1.22. The number of allylic oxidation sites excluding steroid dienone is 1. The summed E-state index contributed by atoms with van der Waals surface area (Å²) in [5.41, 5.74) is 1.23. The first-order valence-corrected chi connectivity index (χ1v) is 6.50. The van der Waals surface area contributed by atoms with Crippen molar-refractivity contribution in [3.63, 3.8) is 0 Å². The van der Waals surface area contributed by atoms with E-state index in [1.807, 2.05) is 0 Å². The zero-order chi connectivity index (χ0) is 12.7. The Morgan fingerprint density at radius 2 is 1.75 bits per heavy atom. The molecule has 0 aromatic carbocycles. The van der Waals surface area contributed by atoms with Gasteiger partial charge in [0.15, 0.2) is 0 Å². The van der Waals surface area contributed by atoms with E-state index >= 15 is 0 Å². The standard InChI is InChI=1S/C14H30N2/c1-8-9-16(10-12(2)3)11-15(7)14(6)13(4)5/h12-13H,6,8-11H2,1-5,7H3. The third-order valence-corrected chi connectivity index (χ3v) is 2.73. The molecule has 2 heteroatoms. The normalized spacial score (nSPS) is 11.6. The molecule has 0 aliphatic carbocycles. The van der Waals surface area contributed by atoms with Crippen LogP contribution in [0.4, 0.5) is 0 Å². The Morgan fingerprint density at radius 3 is 2.12 bits per heavy atom. The van der Waals surface area contributed by atoms with Gasteiger partial charge in [-0.2, -0.15) is 0 Å². The molecule has 16 heavy (non-hydrogen) atoms. The highest BCUT2D eigenvalue weighted by Crippen LogP contribution is 2.12. The van der Waals surface area contributed by atoms with E-state index in [1.165, 1.54) is 25.2 Å². The highest BCUT2D eigenvalue weighted by Gasteiger charge is 2.12. The molecule has 0 spiro atoms. The summed E-state index contributed by atoms with van der Waals surface area (Å²) in [5.74, 6) is 1.26. The zero-order valence-corrected chi connectivity index (χ0v) is 12.1. The highest BCUT2D eigenvalue weighted by atomic mass is 15.3. The summed E-state index contributed by atoms with van der Waals surface area (Å²) in [6.45, 7) is 18.7. The molecule has 0 aliphatic heterocycles. The lowest BCUT2D eigenvalue weighted by atomic mass is 10.1. The van der Waals surface area contributed by atoms with Gasteiger partial charge in [0.2, 0.25) is 0 Å². The Morgan fingerprint density at radius 1 is 1.19 bits per heavy atom. The molecule has 0 unspecified atom stereocenters. The molecule has 0 saturated carbocycles. The van der Waals surface area contributed by atoms with Crippen LogP contribution in [0.15, 0.2) is 12.3 Å². The molecule has 0 radical (unpaired) electrons. The first kappa shape index (κ1) is 15.5. The van der Waals surface area contributed by atoms with Gasteiger partial charge in [0.25, 0.3) is 0 Å². The average molecular weight is 226 g/mol. The van der Waals surface area contributed by atoms with Crippen LogP contribution in [0.25, 0.3) is 0 Å². The minimum absolute atomic E-state index is 0.535. The summed E-state index contributed by atoms with van der Waals surface area (Å²) in [4.78, 5) is 4.79. The van der Waals surface area contributed by atoms with Crippen LogP contribution < -0.4 is 0 Å². The van der Waals surface area contributed by atoms with Gasteiger partial charge in [-0.1, -0.05) is 41.2 Å². The molecule has 0 rings (SSSR count). The molecule has 0 aromatic heterocycles. The van der Waals surface area contributed by atoms with Crippen molar-refractivity contribution >= 4 is 0 Å². The van der Waals surface area contributed by atoms with E-state index in [0.29, 0.717) is 5.92 Å². The molecule has 0 saturated heterocycles. The van der Waals surface area contributed by atoms with Crippen LogP contribution in [0.2, 0.25) is 0 Å². The van der Waals surface area contributed by atoms with E-state index in [4.69, 9.17) is 0 Å². The maximum Gasteiger partial charge on any atom is 0.0700 e. The summed E-state index contributed by atoms with van der Waals surface area (Å²) in [7, 11) is 2.14. The summed E-state index contributed by atoms with van der Waals surface area (Å²) >= 11 is 0. The van der Waals surface area contributed by atoms with Gasteiger partial charge in [0.05, 0.1) is 6.67 Å². The quantitative estimate of drug-likeness (QED) is 0.585. The second-order valence-electron chi connectivity index (χ2n) is 5.46. The first-order valence-electron chi connectivity index (χ1n) is 6.50. The minimum Gasteiger partial charge on any atom is -0.365 e. The van der Waals surface area contributed by atoms with Crippen molar-refractivity contribution in [2.45, 2.75) is 41.0 Å². The van der Waals surface area contributed by atoms with Crippen molar-refractivity contribution in [3.05, 3.63) is 12.3 Å². The van der Waals surface area contributed by atoms with Crippen LogP contribution >= 0.6 is 0 Å². The minimum atomic E-state index is 0.535. The Balaban J connectivity index is 4.21. The number of rotatable bonds is 8. The zero-order valence-electron chi connectivity index (χ0n) is 12.1. The van der Waals surface area contributed by atoms with Gasteiger partial charge in [-0.15, -0.1) is 0 Å². The largest absolute Gasteiger partial charge is 0.365 e. The lowest BCUT2D eigenvalue weighted by Crippen LogP contribution is -2.38. The van der Waals surface area contributed by atoms with Gasteiger partial charge in [-0.25, -0.2) is 0 Å². The van der Waals surface area contributed by atoms with Crippen LogP contribution in [-0.2, 0) is 0 Å². The Hall–Kier alpha value is -0.500. The predicted octanol–water partition coefficient (Wildman–Crippen LogP) is 3.41. The molecule has 0 bridgehead atoms. The van der Waals surface area contributed by atoms with Crippen molar-refractivity contribution in [1.82, 2.24) is 9.80 Å². The monoisotopic (exact) mass is 226 g/mol. The van der Waals surface area contributed by atoms with Crippen LogP contribution in [0.3, 0.4) is 0 Å². The number of hydrogen-bond acceptors (Lipinski definition) is 2. The van der Waals surface area contributed by atoms with Gasteiger partial charge >= 0.3 is 0 Å². The van der Waals surface area contributed by atoms with Crippen molar-refractivity contribution < 1.29 is 0 Å². The lowest BCUT2D eigenvalue weighted by Gasteiger charge is -2.32. The summed E-state index contributed by atoms with van der Waals surface area (Å²) in [6, 6.07) is 0. The van der Waals surface area contributed by atoms with Crippen molar-refractivity contribution in [3.8, 4) is 0 Å². The number of nitrogens with zero attached hydrogens (tertiary/aromatic N) is 2. The van der Waals surface area contributed by atoms with Gasteiger partial charge in [0, 0.05) is 19.3 Å². The van der Waals surface area contributed by atoms with E-state index in [-0.39, 0.29) is 0 Å². The smallest absolute Gasteiger partial charge is 0.0700 e. The maximum absolute atomic E-state index is 4.15. The van der Waals surface area contributed by atoms with E-state index < -0.39 is 0 Å². The topological polar surface area (TPSA) is 6.48 Å². The second-order valence-corrected chi connectivity index (χ2v) is 5.46. The average Bonchev–Trinajstić information content (AvgIpc) is 2.15. The van der Waals surface area contributed by atoms with Crippen LogP contribution in [0.5, 0.6) is 0 Å². The predicted molar refractivity (Wildman–Crippen MR) is 73.3 cm³/mol. The van der Waals surface area contributed by atoms with Crippen molar-refractivity contribution in [2.24, 2.45) is 11.8 Å². The van der Waals surface area contributed by atoms with Gasteiger partial charge in [-0.05, 0) is 24.8 Å². The van der Waals surface area contributed by atoms with Crippen molar-refractivity contribution in [2.75, 3.05) is 26.8 Å². The van der Waals surface area contributed by atoms with Gasteiger partial charge < -0.3 is 4.90 Å². The first-order chi connectivity index (χ1) is 7.38. The molecule has 96 valence electrons. The third kappa shape index (κ3) is 6.16. The fourth-order valence-corrected chi connectivity index (χ4v) is 1.88. The molecule has 0 atom stereocenters. The Kier molecular flexibility index (Phi) is 7.48. The van der Waals surface area contributed by atoms with E-state index in [0.717, 1.165) is 12.6 Å². The molecule has 2 nitrogen and oxygen atoms in total. The molecule has 0 amide bonds. The molecular formula is C14H30N2. The van der Waals surface area contributed by atoms with Crippen LogP contribution in [0, 0.1) is 11.8 Å². The third-order valence-electron chi connectivity index (χ3n) is 2.73. The maximum atomic E-state index is 4.15. The molecular weight excluding hydrogens is 196 g/mol. The SMILES string of the molecule is C=C(C(C)C)N(C)CN(CCC)CC(C)C. The van der Waals surface area contributed by atoms with E-state index in [2.05, 4.69) is 58.0 Å². The molecule has 0 fully saturated rings. The molecule has 0 N–H and O–H groups in total. The second kappa shape index (κ2) is 7.72. The summed E-state index contributed by atoms with van der Waals surface area (Å²) < 4.78 is 0. The summed E-state index contributed by atoms with van der Waals surface area (Å²) in [5, 5.41) is 0. The van der Waals surface area contributed by atoms with E-state index in [1.54, 1.807) is 0 Å². The molecule has 0 aliphatic rings. The fourth-order valence-electron chi connectivity index (χ4n) is 1.88. The highest BCUT2D eigenvalue weighted by molar-refractivity contribution is 4.95. The Labute approximate surface area is 102 Å². The van der Waals surface area contributed by atoms with Gasteiger partial charge in [-0.3, -0.25) is 4.90 Å². The fraction of sp³-hybridized carbons (Fsp3) is 0.857. The van der Waals surface area contributed by atoms with E-state index in [9.17, 15) is 0 Å².